The Kier molecular flexibility index (Phi) is 6.12. The third-order valence-electron chi connectivity index (χ3n) is 4.34. The first kappa shape index (κ1) is 18.3. The fraction of sp³-hybridized carbons (Fsp3) is 0.500. The summed E-state index contributed by atoms with van der Waals surface area (Å²) in [5, 5.41) is 15.5. The van der Waals surface area contributed by atoms with Gasteiger partial charge in [-0.3, -0.25) is 4.79 Å². The fourth-order valence-corrected chi connectivity index (χ4v) is 3.85. The Labute approximate surface area is 157 Å². The highest BCUT2D eigenvalue weighted by atomic mass is 32.1. The van der Waals surface area contributed by atoms with E-state index in [0.29, 0.717) is 24.6 Å². The number of carbonyl (C=O) groups excluding carboxylic acids is 1. The summed E-state index contributed by atoms with van der Waals surface area (Å²) in [5.41, 5.74) is 1.64. The third-order valence-corrected chi connectivity index (χ3v) is 5.30. The van der Waals surface area contributed by atoms with Gasteiger partial charge < -0.3 is 10.2 Å². The number of nitrogens with one attached hydrogen (secondary N) is 1. The Balaban J connectivity index is 1.58. The maximum absolute atomic E-state index is 11.6. The highest BCUT2D eigenvalue weighted by Crippen LogP contribution is 2.26. The lowest BCUT2D eigenvalue weighted by Gasteiger charge is -2.15. The Morgan fingerprint density at radius 2 is 2.35 bits per heavy atom. The number of thiazole rings is 1. The van der Waals surface area contributed by atoms with Gasteiger partial charge in [0.25, 0.3) is 0 Å². The zero-order chi connectivity index (χ0) is 18.4. The van der Waals surface area contributed by atoms with Gasteiger partial charge in [0, 0.05) is 37.6 Å². The number of hydrogen-bond donors (Lipinski definition) is 1. The van der Waals surface area contributed by atoms with Crippen LogP contribution in [0.2, 0.25) is 0 Å². The summed E-state index contributed by atoms with van der Waals surface area (Å²) in [6.07, 6.45) is 4.99. The number of hydrogen-bond acceptors (Lipinski definition) is 7. The van der Waals surface area contributed by atoms with Gasteiger partial charge in [0.1, 0.15) is 10.9 Å². The largest absolute Gasteiger partial charge is 0.354 e. The van der Waals surface area contributed by atoms with Crippen LogP contribution in [0, 0.1) is 11.3 Å². The molecule has 3 heterocycles. The van der Waals surface area contributed by atoms with Crippen molar-refractivity contribution in [2.45, 2.75) is 38.5 Å². The van der Waals surface area contributed by atoms with E-state index in [1.165, 1.54) is 11.3 Å². The first-order valence-electron chi connectivity index (χ1n) is 8.89. The normalized spacial score (nSPS) is 15.1. The summed E-state index contributed by atoms with van der Waals surface area (Å²) >= 11 is 1.49. The molecule has 8 heteroatoms. The summed E-state index contributed by atoms with van der Waals surface area (Å²) in [6, 6.07) is 4.05. The number of nitrogens with zero attached hydrogens (tertiary/aromatic N) is 5. The molecular weight excluding hydrogens is 348 g/mol. The molecule has 1 aliphatic rings. The number of likely N-dealkylation sites (tertiary alicyclic amines) is 1. The van der Waals surface area contributed by atoms with Crippen molar-refractivity contribution < 1.29 is 4.79 Å². The molecule has 0 saturated carbocycles. The van der Waals surface area contributed by atoms with Crippen LogP contribution in [-0.4, -0.2) is 45.4 Å². The van der Waals surface area contributed by atoms with Crippen LogP contribution in [0.15, 0.2) is 17.6 Å². The second kappa shape index (κ2) is 8.72. The summed E-state index contributed by atoms with van der Waals surface area (Å²) in [4.78, 5) is 26.7. The molecule has 26 heavy (non-hydrogen) atoms. The van der Waals surface area contributed by atoms with Crippen LogP contribution in [0.1, 0.15) is 48.5 Å². The lowest BCUT2D eigenvalue weighted by atomic mass is 10.1. The van der Waals surface area contributed by atoms with Crippen molar-refractivity contribution in [2.75, 3.05) is 25.0 Å². The zero-order valence-electron chi connectivity index (χ0n) is 14.8. The second-order valence-corrected chi connectivity index (χ2v) is 7.05. The van der Waals surface area contributed by atoms with Crippen molar-refractivity contribution in [3.8, 4) is 6.07 Å². The van der Waals surface area contributed by atoms with E-state index in [-0.39, 0.29) is 5.91 Å². The zero-order valence-corrected chi connectivity index (χ0v) is 15.6. The number of aromatic nitrogens is 3. The molecule has 1 amide bonds. The highest BCUT2D eigenvalue weighted by Gasteiger charge is 2.20. The fourth-order valence-electron chi connectivity index (χ4n) is 2.89. The first-order chi connectivity index (χ1) is 12.7. The molecule has 2 aromatic rings. The van der Waals surface area contributed by atoms with Crippen molar-refractivity contribution >= 4 is 23.2 Å². The molecule has 0 aliphatic carbocycles. The number of anilines is 1. The highest BCUT2D eigenvalue weighted by molar-refractivity contribution is 7.09. The van der Waals surface area contributed by atoms with E-state index < -0.39 is 5.92 Å². The minimum absolute atomic E-state index is 0.245. The Morgan fingerprint density at radius 3 is 3.04 bits per heavy atom. The summed E-state index contributed by atoms with van der Waals surface area (Å²) in [5.74, 6) is 0.267. The lowest BCUT2D eigenvalue weighted by Crippen LogP contribution is -2.27. The van der Waals surface area contributed by atoms with Crippen molar-refractivity contribution in [2.24, 2.45) is 0 Å². The molecule has 0 radical (unpaired) electrons. The van der Waals surface area contributed by atoms with Crippen LogP contribution in [0.4, 0.5) is 5.95 Å². The van der Waals surface area contributed by atoms with Crippen LogP contribution in [0.3, 0.4) is 0 Å². The Hall–Kier alpha value is -2.53. The molecule has 136 valence electrons. The van der Waals surface area contributed by atoms with Crippen LogP contribution >= 0.6 is 11.3 Å². The van der Waals surface area contributed by atoms with Gasteiger partial charge in [-0.2, -0.15) is 5.26 Å². The van der Waals surface area contributed by atoms with Gasteiger partial charge in [-0.1, -0.05) is 6.92 Å². The molecule has 1 unspecified atom stereocenters. The molecule has 2 aromatic heterocycles. The Morgan fingerprint density at radius 1 is 1.46 bits per heavy atom. The lowest BCUT2D eigenvalue weighted by molar-refractivity contribution is -0.127. The average molecular weight is 370 g/mol. The molecule has 1 fully saturated rings. The molecule has 7 nitrogen and oxygen atoms in total. The van der Waals surface area contributed by atoms with Crippen LogP contribution in [-0.2, 0) is 11.2 Å². The summed E-state index contributed by atoms with van der Waals surface area (Å²) in [7, 11) is 0. The molecule has 1 aliphatic heterocycles. The molecule has 3 rings (SSSR count). The summed E-state index contributed by atoms with van der Waals surface area (Å²) in [6.45, 7) is 4.35. The molecule has 0 spiro atoms. The molecule has 0 aromatic carbocycles. The minimum Gasteiger partial charge on any atom is -0.354 e. The van der Waals surface area contributed by atoms with Gasteiger partial charge in [0.2, 0.25) is 11.9 Å². The first-order valence-corrected chi connectivity index (χ1v) is 9.77. The van der Waals surface area contributed by atoms with E-state index in [1.54, 1.807) is 12.3 Å². The van der Waals surface area contributed by atoms with Gasteiger partial charge in [-0.25, -0.2) is 15.0 Å². The van der Waals surface area contributed by atoms with Gasteiger partial charge in [0.05, 0.1) is 17.5 Å². The van der Waals surface area contributed by atoms with E-state index in [0.717, 1.165) is 43.1 Å². The maximum Gasteiger partial charge on any atom is 0.222 e. The van der Waals surface area contributed by atoms with Crippen molar-refractivity contribution in [1.82, 2.24) is 19.9 Å². The van der Waals surface area contributed by atoms with Gasteiger partial charge in [-0.15, -0.1) is 11.3 Å². The predicted molar refractivity (Wildman–Crippen MR) is 99.9 cm³/mol. The quantitative estimate of drug-likeness (QED) is 0.718. The van der Waals surface area contributed by atoms with Crippen molar-refractivity contribution in [3.05, 3.63) is 34.0 Å². The molecular formula is C18H22N6OS. The number of rotatable bonds is 8. The molecule has 1 N–H and O–H groups in total. The average Bonchev–Trinajstić information content (AvgIpc) is 3.29. The van der Waals surface area contributed by atoms with E-state index in [9.17, 15) is 10.1 Å². The maximum atomic E-state index is 11.6. The number of carbonyl (C=O) groups is 1. The van der Waals surface area contributed by atoms with Crippen LogP contribution < -0.4 is 5.32 Å². The van der Waals surface area contributed by atoms with Crippen LogP contribution in [0.25, 0.3) is 0 Å². The molecule has 0 bridgehead atoms. The predicted octanol–water partition coefficient (Wildman–Crippen LogP) is 2.58. The third kappa shape index (κ3) is 4.35. The second-order valence-electron chi connectivity index (χ2n) is 6.16. The minimum atomic E-state index is -0.480. The van der Waals surface area contributed by atoms with Gasteiger partial charge in [0.15, 0.2) is 0 Å². The number of aryl methyl sites for hydroxylation is 1. The van der Waals surface area contributed by atoms with Gasteiger partial charge >= 0.3 is 0 Å². The molecule has 1 saturated heterocycles. The number of amides is 1. The standard InChI is InChI=1S/C18H22N6OS/c1-2-13-12-26-17(22-13)14(11-19)15-6-8-21-18(23-15)20-7-4-10-24-9-3-5-16(24)25/h6,8,12,14H,2-5,7,9-10H2,1H3,(H,20,21,23). The van der Waals surface area contributed by atoms with E-state index in [4.69, 9.17) is 0 Å². The van der Waals surface area contributed by atoms with E-state index >= 15 is 0 Å². The molecule has 1 atom stereocenters. The topological polar surface area (TPSA) is 94.8 Å². The van der Waals surface area contributed by atoms with E-state index in [1.807, 2.05) is 17.2 Å². The number of nitriles is 1. The Bertz CT molecular complexity index is 799. The van der Waals surface area contributed by atoms with Crippen molar-refractivity contribution in [3.63, 3.8) is 0 Å². The monoisotopic (exact) mass is 370 g/mol. The smallest absolute Gasteiger partial charge is 0.222 e. The van der Waals surface area contributed by atoms with Gasteiger partial charge in [-0.05, 0) is 25.3 Å². The van der Waals surface area contributed by atoms with E-state index in [2.05, 4.69) is 26.3 Å². The van der Waals surface area contributed by atoms with Crippen LogP contribution in [0.5, 0.6) is 0 Å². The SMILES string of the molecule is CCc1csc(C(C#N)c2ccnc(NCCCN3CCCC3=O)n2)n1. The van der Waals surface area contributed by atoms with Crippen molar-refractivity contribution in [1.29, 1.82) is 5.26 Å². The summed E-state index contributed by atoms with van der Waals surface area (Å²) < 4.78 is 0.